The SMILES string of the molecule is CCNC1CCC(O)(c2ccc(N3CCOCC3)cn2)CC1. The van der Waals surface area contributed by atoms with Crippen molar-refractivity contribution in [2.75, 3.05) is 37.7 Å². The lowest BCUT2D eigenvalue weighted by atomic mass is 9.80. The Kier molecular flexibility index (Phi) is 4.96. The van der Waals surface area contributed by atoms with E-state index in [1.54, 1.807) is 0 Å². The zero-order valence-electron chi connectivity index (χ0n) is 13.4. The van der Waals surface area contributed by atoms with Crippen LogP contribution >= 0.6 is 0 Å². The maximum Gasteiger partial charge on any atom is 0.107 e. The molecule has 0 bridgehead atoms. The third kappa shape index (κ3) is 3.42. The Labute approximate surface area is 132 Å². The van der Waals surface area contributed by atoms with Crippen LogP contribution in [0.2, 0.25) is 0 Å². The zero-order valence-corrected chi connectivity index (χ0v) is 13.4. The second-order valence-electron chi connectivity index (χ2n) is 6.36. The van der Waals surface area contributed by atoms with E-state index >= 15 is 0 Å². The van der Waals surface area contributed by atoms with Crippen molar-refractivity contribution in [2.24, 2.45) is 0 Å². The second kappa shape index (κ2) is 6.94. The quantitative estimate of drug-likeness (QED) is 0.886. The summed E-state index contributed by atoms with van der Waals surface area (Å²) in [6.45, 7) is 6.50. The van der Waals surface area contributed by atoms with Gasteiger partial charge in [-0.3, -0.25) is 4.98 Å². The highest BCUT2D eigenvalue weighted by Gasteiger charge is 2.35. The maximum atomic E-state index is 10.9. The smallest absolute Gasteiger partial charge is 0.107 e. The monoisotopic (exact) mass is 305 g/mol. The number of morpholine rings is 1. The van der Waals surface area contributed by atoms with Crippen LogP contribution in [0.3, 0.4) is 0 Å². The number of rotatable bonds is 4. The average molecular weight is 305 g/mol. The lowest BCUT2D eigenvalue weighted by Crippen LogP contribution is -2.40. The Morgan fingerprint density at radius 1 is 1.32 bits per heavy atom. The Bertz CT molecular complexity index is 463. The Hall–Kier alpha value is -1.17. The van der Waals surface area contributed by atoms with Crippen LogP contribution in [0, 0.1) is 0 Å². The molecule has 0 aromatic carbocycles. The van der Waals surface area contributed by atoms with E-state index in [-0.39, 0.29) is 0 Å². The molecule has 0 spiro atoms. The van der Waals surface area contributed by atoms with Gasteiger partial charge >= 0.3 is 0 Å². The normalized spacial score (nSPS) is 29.5. The molecule has 2 fully saturated rings. The van der Waals surface area contributed by atoms with Crippen LogP contribution in [-0.4, -0.2) is 49.0 Å². The van der Waals surface area contributed by atoms with Gasteiger partial charge in [0.1, 0.15) is 5.60 Å². The highest BCUT2D eigenvalue weighted by Crippen LogP contribution is 2.36. The van der Waals surface area contributed by atoms with Crippen molar-refractivity contribution < 1.29 is 9.84 Å². The van der Waals surface area contributed by atoms with Crippen molar-refractivity contribution in [3.05, 3.63) is 24.0 Å². The van der Waals surface area contributed by atoms with Crippen LogP contribution in [0.5, 0.6) is 0 Å². The average Bonchev–Trinajstić information content (AvgIpc) is 2.58. The number of anilines is 1. The van der Waals surface area contributed by atoms with Gasteiger partial charge in [0.15, 0.2) is 0 Å². The van der Waals surface area contributed by atoms with Gasteiger partial charge < -0.3 is 20.1 Å². The zero-order chi connectivity index (χ0) is 15.4. The molecular weight excluding hydrogens is 278 g/mol. The number of nitrogens with zero attached hydrogens (tertiary/aromatic N) is 2. The number of hydrogen-bond acceptors (Lipinski definition) is 5. The van der Waals surface area contributed by atoms with E-state index in [1.165, 1.54) is 0 Å². The summed E-state index contributed by atoms with van der Waals surface area (Å²) < 4.78 is 5.38. The lowest BCUT2D eigenvalue weighted by molar-refractivity contribution is -0.0120. The van der Waals surface area contributed by atoms with Crippen LogP contribution in [-0.2, 0) is 10.3 Å². The Morgan fingerprint density at radius 3 is 2.64 bits per heavy atom. The highest BCUT2D eigenvalue weighted by atomic mass is 16.5. The number of aromatic nitrogens is 1. The van der Waals surface area contributed by atoms with E-state index in [0.29, 0.717) is 6.04 Å². The van der Waals surface area contributed by atoms with E-state index in [2.05, 4.69) is 28.2 Å². The molecule has 122 valence electrons. The molecule has 3 rings (SSSR count). The number of aliphatic hydroxyl groups is 1. The van der Waals surface area contributed by atoms with Crippen LogP contribution < -0.4 is 10.2 Å². The maximum absolute atomic E-state index is 10.9. The lowest BCUT2D eigenvalue weighted by Gasteiger charge is -2.36. The van der Waals surface area contributed by atoms with Crippen molar-refractivity contribution in [3.63, 3.8) is 0 Å². The first kappa shape index (κ1) is 15.7. The van der Waals surface area contributed by atoms with E-state index < -0.39 is 5.60 Å². The number of nitrogens with one attached hydrogen (secondary N) is 1. The fourth-order valence-electron chi connectivity index (χ4n) is 3.51. The first-order chi connectivity index (χ1) is 10.7. The highest BCUT2D eigenvalue weighted by molar-refractivity contribution is 5.45. The third-order valence-electron chi connectivity index (χ3n) is 4.91. The summed E-state index contributed by atoms with van der Waals surface area (Å²) in [5.74, 6) is 0. The van der Waals surface area contributed by atoms with Gasteiger partial charge in [0.25, 0.3) is 0 Å². The number of ether oxygens (including phenoxy) is 1. The second-order valence-corrected chi connectivity index (χ2v) is 6.36. The van der Waals surface area contributed by atoms with Crippen LogP contribution in [0.25, 0.3) is 0 Å². The van der Waals surface area contributed by atoms with E-state index in [9.17, 15) is 5.11 Å². The summed E-state index contributed by atoms with van der Waals surface area (Å²) in [6.07, 6.45) is 5.49. The topological polar surface area (TPSA) is 57.6 Å². The predicted octanol–water partition coefficient (Wildman–Crippen LogP) is 1.66. The summed E-state index contributed by atoms with van der Waals surface area (Å²) in [4.78, 5) is 6.85. The number of hydrogen-bond donors (Lipinski definition) is 2. The molecule has 5 nitrogen and oxygen atoms in total. The van der Waals surface area contributed by atoms with Gasteiger partial charge in [0, 0.05) is 19.1 Å². The molecule has 2 N–H and O–H groups in total. The van der Waals surface area contributed by atoms with Crippen molar-refractivity contribution in [3.8, 4) is 0 Å². The third-order valence-corrected chi connectivity index (χ3v) is 4.91. The standard InChI is InChI=1S/C17H27N3O2/c1-2-18-14-5-7-17(21,8-6-14)16-4-3-15(13-19-16)20-9-11-22-12-10-20/h3-4,13-14,18,21H,2,5-12H2,1H3. The van der Waals surface area contributed by atoms with E-state index in [4.69, 9.17) is 4.74 Å². The summed E-state index contributed by atoms with van der Waals surface area (Å²) in [5.41, 5.74) is 1.19. The molecule has 5 heteroatoms. The minimum Gasteiger partial charge on any atom is -0.384 e. The van der Waals surface area contributed by atoms with Crippen LogP contribution in [0.1, 0.15) is 38.3 Å². The van der Waals surface area contributed by atoms with E-state index in [1.807, 2.05) is 12.3 Å². The number of pyridine rings is 1. The van der Waals surface area contributed by atoms with Gasteiger partial charge in [0.05, 0.1) is 30.8 Å². The van der Waals surface area contributed by atoms with Gasteiger partial charge in [-0.25, -0.2) is 0 Å². The van der Waals surface area contributed by atoms with Crippen LogP contribution in [0.4, 0.5) is 5.69 Å². The van der Waals surface area contributed by atoms with Gasteiger partial charge in [-0.15, -0.1) is 0 Å². The summed E-state index contributed by atoms with van der Waals surface area (Å²) in [5, 5.41) is 14.4. The molecule has 1 aromatic rings. The van der Waals surface area contributed by atoms with Crippen molar-refractivity contribution in [1.29, 1.82) is 0 Å². The molecule has 0 amide bonds. The first-order valence-corrected chi connectivity index (χ1v) is 8.46. The van der Waals surface area contributed by atoms with Gasteiger partial charge in [-0.05, 0) is 44.4 Å². The van der Waals surface area contributed by atoms with Crippen molar-refractivity contribution >= 4 is 5.69 Å². The molecule has 1 saturated carbocycles. The Morgan fingerprint density at radius 2 is 2.05 bits per heavy atom. The molecule has 0 radical (unpaired) electrons. The molecule has 1 aliphatic carbocycles. The molecule has 0 atom stereocenters. The van der Waals surface area contributed by atoms with Crippen molar-refractivity contribution in [2.45, 2.75) is 44.2 Å². The minimum absolute atomic E-state index is 0.540. The molecule has 2 heterocycles. The first-order valence-electron chi connectivity index (χ1n) is 8.46. The molecule has 22 heavy (non-hydrogen) atoms. The van der Waals surface area contributed by atoms with Gasteiger partial charge in [0.2, 0.25) is 0 Å². The largest absolute Gasteiger partial charge is 0.384 e. The summed E-state index contributed by atoms with van der Waals surface area (Å²) in [6, 6.07) is 4.62. The van der Waals surface area contributed by atoms with Crippen molar-refractivity contribution in [1.82, 2.24) is 10.3 Å². The van der Waals surface area contributed by atoms with E-state index in [0.717, 1.165) is 69.9 Å². The molecule has 1 saturated heterocycles. The molecular formula is C17H27N3O2. The molecule has 2 aliphatic rings. The molecule has 1 aromatic heterocycles. The fourth-order valence-corrected chi connectivity index (χ4v) is 3.51. The predicted molar refractivity (Wildman–Crippen MR) is 87.1 cm³/mol. The summed E-state index contributed by atoms with van der Waals surface area (Å²) in [7, 11) is 0. The molecule has 0 unspecified atom stereocenters. The Balaban J connectivity index is 1.64. The fraction of sp³-hybridized carbons (Fsp3) is 0.706. The minimum atomic E-state index is -0.755. The van der Waals surface area contributed by atoms with Gasteiger partial charge in [-0.1, -0.05) is 6.92 Å². The van der Waals surface area contributed by atoms with Crippen LogP contribution in [0.15, 0.2) is 18.3 Å². The molecule has 1 aliphatic heterocycles. The van der Waals surface area contributed by atoms with Gasteiger partial charge in [-0.2, -0.15) is 0 Å². The summed E-state index contributed by atoms with van der Waals surface area (Å²) >= 11 is 0.